The van der Waals surface area contributed by atoms with Crippen molar-refractivity contribution in [1.29, 1.82) is 0 Å². The van der Waals surface area contributed by atoms with Crippen molar-refractivity contribution < 1.29 is 14.3 Å². The first-order valence-corrected chi connectivity index (χ1v) is 8.43. The number of hydrogen-bond acceptors (Lipinski definition) is 3. The second-order valence-electron chi connectivity index (χ2n) is 5.02. The smallest absolute Gasteiger partial charge is 0.251 e. The van der Waals surface area contributed by atoms with Crippen molar-refractivity contribution in [1.82, 2.24) is 10.6 Å². The number of halogens is 1. The zero-order valence-corrected chi connectivity index (χ0v) is 14.7. The summed E-state index contributed by atoms with van der Waals surface area (Å²) in [6.07, 6.45) is 0.230. The molecule has 0 aromatic heterocycles. The van der Waals surface area contributed by atoms with E-state index in [0.717, 1.165) is 10.2 Å². The average molecular weight is 391 g/mol. The number of ether oxygens (including phenoxy) is 1. The van der Waals surface area contributed by atoms with Crippen molar-refractivity contribution in [3.8, 4) is 5.75 Å². The van der Waals surface area contributed by atoms with E-state index in [1.54, 1.807) is 24.3 Å². The molecule has 0 saturated heterocycles. The van der Waals surface area contributed by atoms with Gasteiger partial charge in [0.05, 0.1) is 6.54 Å². The number of nitrogens with one attached hydrogen (secondary N) is 2. The first kappa shape index (κ1) is 18.0. The molecule has 0 radical (unpaired) electrons. The molecule has 0 saturated carbocycles. The number of amides is 2. The highest BCUT2D eigenvalue weighted by Crippen LogP contribution is 2.10. The van der Waals surface area contributed by atoms with Crippen LogP contribution >= 0.6 is 15.9 Å². The van der Waals surface area contributed by atoms with Gasteiger partial charge in [-0.1, -0.05) is 34.1 Å². The van der Waals surface area contributed by atoms with Gasteiger partial charge in [-0.25, -0.2) is 0 Å². The van der Waals surface area contributed by atoms with Crippen LogP contribution in [0.2, 0.25) is 0 Å². The van der Waals surface area contributed by atoms with Crippen LogP contribution in [0.15, 0.2) is 59.1 Å². The van der Waals surface area contributed by atoms with Gasteiger partial charge in [0.1, 0.15) is 12.4 Å². The van der Waals surface area contributed by atoms with Crippen molar-refractivity contribution in [2.24, 2.45) is 0 Å². The van der Waals surface area contributed by atoms with Gasteiger partial charge in [0.15, 0.2) is 0 Å². The summed E-state index contributed by atoms with van der Waals surface area (Å²) in [7, 11) is 0. The predicted octanol–water partition coefficient (Wildman–Crippen LogP) is 2.76. The van der Waals surface area contributed by atoms with Gasteiger partial charge in [0.25, 0.3) is 5.91 Å². The Hall–Kier alpha value is -2.34. The van der Waals surface area contributed by atoms with E-state index in [4.69, 9.17) is 4.74 Å². The molecule has 126 valence electrons. The van der Waals surface area contributed by atoms with Crippen LogP contribution in [0.25, 0.3) is 0 Å². The van der Waals surface area contributed by atoms with E-state index < -0.39 is 0 Å². The number of hydrogen-bond donors (Lipinski definition) is 2. The topological polar surface area (TPSA) is 67.4 Å². The molecule has 0 atom stereocenters. The minimum Gasteiger partial charge on any atom is -0.492 e. The molecule has 24 heavy (non-hydrogen) atoms. The number of carbonyl (C=O) groups excluding carboxylic acids is 2. The number of benzene rings is 2. The quantitative estimate of drug-likeness (QED) is 0.680. The van der Waals surface area contributed by atoms with E-state index in [1.807, 2.05) is 30.3 Å². The summed E-state index contributed by atoms with van der Waals surface area (Å²) < 4.78 is 6.39. The minimum absolute atomic E-state index is 0.122. The molecule has 2 aromatic carbocycles. The lowest BCUT2D eigenvalue weighted by molar-refractivity contribution is -0.121. The van der Waals surface area contributed by atoms with Crippen molar-refractivity contribution in [3.63, 3.8) is 0 Å². The molecule has 0 aliphatic carbocycles. The number of rotatable bonds is 8. The van der Waals surface area contributed by atoms with Crippen molar-refractivity contribution in [2.45, 2.75) is 6.42 Å². The highest BCUT2D eigenvalue weighted by molar-refractivity contribution is 9.10. The Labute approximate surface area is 149 Å². The van der Waals surface area contributed by atoms with E-state index in [2.05, 4.69) is 26.6 Å². The van der Waals surface area contributed by atoms with Crippen LogP contribution in [0, 0.1) is 0 Å². The third-order valence-electron chi connectivity index (χ3n) is 3.18. The van der Waals surface area contributed by atoms with Crippen LogP contribution in [-0.4, -0.2) is 31.5 Å². The Kier molecular flexibility index (Phi) is 7.29. The van der Waals surface area contributed by atoms with Crippen LogP contribution < -0.4 is 15.4 Å². The summed E-state index contributed by atoms with van der Waals surface area (Å²) in [5.41, 5.74) is 0.565. The van der Waals surface area contributed by atoms with Gasteiger partial charge >= 0.3 is 0 Å². The average Bonchev–Trinajstić information content (AvgIpc) is 2.60. The molecule has 6 heteroatoms. The maximum atomic E-state index is 11.9. The molecule has 2 N–H and O–H groups in total. The highest BCUT2D eigenvalue weighted by Gasteiger charge is 2.06. The van der Waals surface area contributed by atoms with Gasteiger partial charge in [-0.2, -0.15) is 0 Å². The van der Waals surface area contributed by atoms with E-state index >= 15 is 0 Å². The number of carbonyl (C=O) groups is 2. The minimum atomic E-state index is -0.192. The summed E-state index contributed by atoms with van der Waals surface area (Å²) in [6, 6.07) is 16.5. The zero-order valence-electron chi connectivity index (χ0n) is 13.1. The summed E-state index contributed by atoms with van der Waals surface area (Å²) in [5, 5.41) is 5.47. The molecule has 2 amide bonds. The molecule has 0 unspecified atom stereocenters. The Morgan fingerprint density at radius 2 is 1.62 bits per heavy atom. The lowest BCUT2D eigenvalue weighted by atomic mass is 10.2. The maximum absolute atomic E-state index is 11.9. The number of para-hydroxylation sites is 1. The van der Waals surface area contributed by atoms with E-state index in [-0.39, 0.29) is 18.2 Å². The van der Waals surface area contributed by atoms with Crippen molar-refractivity contribution in [3.05, 3.63) is 64.6 Å². The third-order valence-corrected chi connectivity index (χ3v) is 3.71. The predicted molar refractivity (Wildman–Crippen MR) is 96.0 cm³/mol. The molecule has 0 bridgehead atoms. The van der Waals surface area contributed by atoms with Gasteiger partial charge in [0, 0.05) is 23.0 Å². The molecule has 2 rings (SSSR count). The molecule has 0 aliphatic rings. The molecule has 0 heterocycles. The first-order valence-electron chi connectivity index (χ1n) is 7.63. The van der Waals surface area contributed by atoms with Gasteiger partial charge in [0.2, 0.25) is 5.91 Å². The monoisotopic (exact) mass is 390 g/mol. The van der Waals surface area contributed by atoms with Crippen molar-refractivity contribution >= 4 is 27.7 Å². The van der Waals surface area contributed by atoms with Gasteiger partial charge < -0.3 is 15.4 Å². The largest absolute Gasteiger partial charge is 0.492 e. The van der Waals surface area contributed by atoms with Gasteiger partial charge in [-0.05, 0) is 36.4 Å². The lowest BCUT2D eigenvalue weighted by Crippen LogP contribution is -2.32. The molecule has 0 spiro atoms. The van der Waals surface area contributed by atoms with Crippen LogP contribution in [0.1, 0.15) is 16.8 Å². The summed E-state index contributed by atoms with van der Waals surface area (Å²) >= 11 is 3.32. The molecular formula is C18H19BrN2O3. The summed E-state index contributed by atoms with van der Waals surface area (Å²) in [5.74, 6) is 0.457. The molecule has 0 fully saturated rings. The second kappa shape index (κ2) is 9.72. The Morgan fingerprint density at radius 3 is 2.33 bits per heavy atom. The fourth-order valence-corrected chi connectivity index (χ4v) is 2.22. The Bertz CT molecular complexity index is 660. The first-order chi connectivity index (χ1) is 11.6. The van der Waals surface area contributed by atoms with E-state index in [1.165, 1.54) is 0 Å². The van der Waals surface area contributed by atoms with E-state index in [0.29, 0.717) is 25.3 Å². The third kappa shape index (κ3) is 6.42. The lowest BCUT2D eigenvalue weighted by Gasteiger charge is -2.08. The zero-order chi connectivity index (χ0) is 17.2. The van der Waals surface area contributed by atoms with Crippen LogP contribution in [-0.2, 0) is 4.79 Å². The summed E-state index contributed by atoms with van der Waals surface area (Å²) in [4.78, 5) is 23.6. The summed E-state index contributed by atoms with van der Waals surface area (Å²) in [6.45, 7) is 1.12. The SMILES string of the molecule is O=C(CCNC(=O)c1ccc(Br)cc1)NCCOc1ccccc1. The fraction of sp³-hybridized carbons (Fsp3) is 0.222. The van der Waals surface area contributed by atoms with E-state index in [9.17, 15) is 9.59 Å². The van der Waals surface area contributed by atoms with Crippen molar-refractivity contribution in [2.75, 3.05) is 19.7 Å². The molecule has 2 aromatic rings. The van der Waals surface area contributed by atoms with Crippen LogP contribution in [0.5, 0.6) is 5.75 Å². The molecule has 0 aliphatic heterocycles. The van der Waals surface area contributed by atoms with Gasteiger partial charge in [-0.3, -0.25) is 9.59 Å². The molecular weight excluding hydrogens is 372 g/mol. The fourth-order valence-electron chi connectivity index (χ4n) is 1.96. The second-order valence-corrected chi connectivity index (χ2v) is 5.94. The normalized spacial score (nSPS) is 10.0. The highest BCUT2D eigenvalue weighted by atomic mass is 79.9. The van der Waals surface area contributed by atoms with Crippen LogP contribution in [0.4, 0.5) is 0 Å². The van der Waals surface area contributed by atoms with Crippen LogP contribution in [0.3, 0.4) is 0 Å². The standard InChI is InChI=1S/C18H19BrN2O3/c19-15-8-6-14(7-9-15)18(23)21-11-10-17(22)20-12-13-24-16-4-2-1-3-5-16/h1-9H,10-13H2,(H,20,22)(H,21,23). The Morgan fingerprint density at radius 1 is 0.917 bits per heavy atom. The molecule has 5 nitrogen and oxygen atoms in total. The maximum Gasteiger partial charge on any atom is 0.251 e. The Balaban J connectivity index is 1.58. The van der Waals surface area contributed by atoms with Gasteiger partial charge in [-0.15, -0.1) is 0 Å².